The van der Waals surface area contributed by atoms with Crippen molar-refractivity contribution in [3.63, 3.8) is 0 Å². The fourth-order valence-electron chi connectivity index (χ4n) is 1.80. The van der Waals surface area contributed by atoms with Gasteiger partial charge in [-0.2, -0.15) is 0 Å². The SMILES string of the molecule is Nc1cc(N2CCNC(=O)C2)ccc1C(=O)O. The number of carbonyl (C=O) groups excluding carboxylic acids is 1. The van der Waals surface area contributed by atoms with Gasteiger partial charge in [0.05, 0.1) is 12.1 Å². The number of nitrogens with zero attached hydrogens (tertiary/aromatic N) is 1. The molecule has 1 aromatic rings. The predicted molar refractivity (Wildman–Crippen MR) is 63.0 cm³/mol. The van der Waals surface area contributed by atoms with E-state index in [9.17, 15) is 9.59 Å². The first-order valence-electron chi connectivity index (χ1n) is 5.22. The third-order valence-corrected chi connectivity index (χ3v) is 2.67. The van der Waals surface area contributed by atoms with Crippen LogP contribution in [0.3, 0.4) is 0 Å². The summed E-state index contributed by atoms with van der Waals surface area (Å²) in [5.74, 6) is -1.09. The molecule has 1 heterocycles. The van der Waals surface area contributed by atoms with Crippen LogP contribution in [0.25, 0.3) is 0 Å². The highest BCUT2D eigenvalue weighted by Crippen LogP contribution is 2.21. The number of anilines is 2. The molecule has 0 spiro atoms. The normalized spacial score (nSPS) is 15.5. The van der Waals surface area contributed by atoms with Gasteiger partial charge in [0.1, 0.15) is 0 Å². The van der Waals surface area contributed by atoms with Crippen molar-refractivity contribution in [3.8, 4) is 0 Å². The lowest BCUT2D eigenvalue weighted by Crippen LogP contribution is -2.47. The molecule has 0 atom stereocenters. The largest absolute Gasteiger partial charge is 0.478 e. The van der Waals surface area contributed by atoms with Crippen LogP contribution in [0.2, 0.25) is 0 Å². The van der Waals surface area contributed by atoms with E-state index in [2.05, 4.69) is 5.32 Å². The zero-order valence-electron chi connectivity index (χ0n) is 9.14. The van der Waals surface area contributed by atoms with E-state index in [1.165, 1.54) is 6.07 Å². The lowest BCUT2D eigenvalue weighted by atomic mass is 10.1. The van der Waals surface area contributed by atoms with Crippen molar-refractivity contribution in [1.82, 2.24) is 5.32 Å². The minimum Gasteiger partial charge on any atom is -0.478 e. The van der Waals surface area contributed by atoms with Crippen LogP contribution in [0, 0.1) is 0 Å². The van der Waals surface area contributed by atoms with Crippen LogP contribution >= 0.6 is 0 Å². The third kappa shape index (κ3) is 2.30. The van der Waals surface area contributed by atoms with Gasteiger partial charge >= 0.3 is 5.97 Å². The number of nitrogen functional groups attached to an aromatic ring is 1. The predicted octanol–water partition coefficient (Wildman–Crippen LogP) is -0.0968. The van der Waals surface area contributed by atoms with Gasteiger partial charge in [-0.25, -0.2) is 4.79 Å². The van der Waals surface area contributed by atoms with Gasteiger partial charge in [-0.05, 0) is 18.2 Å². The van der Waals surface area contributed by atoms with Crippen molar-refractivity contribution in [2.75, 3.05) is 30.3 Å². The van der Waals surface area contributed by atoms with E-state index in [1.54, 1.807) is 12.1 Å². The summed E-state index contributed by atoms with van der Waals surface area (Å²) < 4.78 is 0. The van der Waals surface area contributed by atoms with E-state index < -0.39 is 5.97 Å². The zero-order chi connectivity index (χ0) is 12.4. The minimum absolute atomic E-state index is 0.0443. The number of nitrogens with two attached hydrogens (primary N) is 1. The van der Waals surface area contributed by atoms with Crippen LogP contribution in [0.4, 0.5) is 11.4 Å². The lowest BCUT2D eigenvalue weighted by molar-refractivity contribution is -0.120. The molecule has 0 aliphatic carbocycles. The smallest absolute Gasteiger partial charge is 0.337 e. The number of carbonyl (C=O) groups is 2. The molecule has 4 N–H and O–H groups in total. The van der Waals surface area contributed by atoms with Crippen LogP contribution in [-0.4, -0.2) is 36.6 Å². The summed E-state index contributed by atoms with van der Waals surface area (Å²) in [6.45, 7) is 1.54. The van der Waals surface area contributed by atoms with Gasteiger partial charge in [-0.1, -0.05) is 0 Å². The maximum atomic E-state index is 11.2. The standard InChI is InChI=1S/C11H13N3O3/c12-9-5-7(1-2-8(9)11(16)17)14-4-3-13-10(15)6-14/h1-2,5H,3-4,6,12H2,(H,13,15)(H,16,17). The molecule has 6 nitrogen and oxygen atoms in total. The second-order valence-corrected chi connectivity index (χ2v) is 3.85. The topological polar surface area (TPSA) is 95.7 Å². The second-order valence-electron chi connectivity index (χ2n) is 3.85. The Morgan fingerprint density at radius 3 is 2.82 bits per heavy atom. The number of benzene rings is 1. The maximum Gasteiger partial charge on any atom is 0.337 e. The van der Waals surface area contributed by atoms with Crippen LogP contribution < -0.4 is 16.0 Å². The molecule has 0 bridgehead atoms. The molecule has 17 heavy (non-hydrogen) atoms. The average molecular weight is 235 g/mol. The number of carboxylic acid groups (broad SMARTS) is 1. The number of aromatic carboxylic acids is 1. The minimum atomic E-state index is -1.05. The Bertz CT molecular complexity index is 473. The average Bonchev–Trinajstić information content (AvgIpc) is 2.28. The highest BCUT2D eigenvalue weighted by atomic mass is 16.4. The van der Waals surface area contributed by atoms with Gasteiger partial charge in [-0.3, -0.25) is 4.79 Å². The lowest BCUT2D eigenvalue weighted by Gasteiger charge is -2.28. The van der Waals surface area contributed by atoms with Crippen molar-refractivity contribution in [2.24, 2.45) is 0 Å². The Morgan fingerprint density at radius 2 is 2.24 bits per heavy atom. The van der Waals surface area contributed by atoms with Gasteiger partial charge < -0.3 is 21.1 Å². The Labute approximate surface area is 98.0 Å². The molecule has 1 aliphatic heterocycles. The number of piperazine rings is 1. The molecule has 1 amide bonds. The Kier molecular flexibility index (Phi) is 2.86. The highest BCUT2D eigenvalue weighted by molar-refractivity contribution is 5.94. The fraction of sp³-hybridized carbons (Fsp3) is 0.273. The van der Waals surface area contributed by atoms with Gasteiger partial charge in [0.25, 0.3) is 0 Å². The van der Waals surface area contributed by atoms with E-state index >= 15 is 0 Å². The summed E-state index contributed by atoms with van der Waals surface area (Å²) in [5.41, 5.74) is 6.71. The van der Waals surface area contributed by atoms with Crippen LogP contribution in [0.15, 0.2) is 18.2 Å². The molecule has 6 heteroatoms. The van der Waals surface area contributed by atoms with Crippen molar-refractivity contribution in [1.29, 1.82) is 0 Å². The van der Waals surface area contributed by atoms with Crippen molar-refractivity contribution in [2.45, 2.75) is 0 Å². The summed E-state index contributed by atoms with van der Waals surface area (Å²) in [6, 6.07) is 4.71. The number of nitrogens with one attached hydrogen (secondary N) is 1. The van der Waals surface area contributed by atoms with E-state index in [-0.39, 0.29) is 23.7 Å². The molecule has 90 valence electrons. The van der Waals surface area contributed by atoms with E-state index in [1.807, 2.05) is 4.90 Å². The molecule has 0 radical (unpaired) electrons. The number of carboxylic acids is 1. The van der Waals surface area contributed by atoms with Crippen LogP contribution in [0.1, 0.15) is 10.4 Å². The molecule has 1 aliphatic rings. The maximum absolute atomic E-state index is 11.2. The molecule has 0 aromatic heterocycles. The molecule has 2 rings (SSSR count). The molecular formula is C11H13N3O3. The first-order valence-corrected chi connectivity index (χ1v) is 5.22. The fourth-order valence-corrected chi connectivity index (χ4v) is 1.80. The first kappa shape index (κ1) is 11.3. The van der Waals surface area contributed by atoms with E-state index in [0.717, 1.165) is 5.69 Å². The first-order chi connectivity index (χ1) is 8.08. The highest BCUT2D eigenvalue weighted by Gasteiger charge is 2.17. The Balaban J connectivity index is 2.25. The number of rotatable bonds is 2. The summed E-state index contributed by atoms with van der Waals surface area (Å²) in [5, 5.41) is 11.6. The summed E-state index contributed by atoms with van der Waals surface area (Å²) >= 11 is 0. The molecule has 1 fully saturated rings. The number of hydrogen-bond donors (Lipinski definition) is 3. The van der Waals surface area contributed by atoms with Crippen molar-refractivity contribution >= 4 is 23.3 Å². The summed E-state index contributed by atoms with van der Waals surface area (Å²) in [7, 11) is 0. The van der Waals surface area contributed by atoms with Gasteiger partial charge in [0, 0.05) is 24.5 Å². The Morgan fingerprint density at radius 1 is 1.47 bits per heavy atom. The van der Waals surface area contributed by atoms with Crippen molar-refractivity contribution < 1.29 is 14.7 Å². The van der Waals surface area contributed by atoms with Gasteiger partial charge in [0.15, 0.2) is 0 Å². The molecular weight excluding hydrogens is 222 g/mol. The van der Waals surface area contributed by atoms with Crippen LogP contribution in [-0.2, 0) is 4.79 Å². The van der Waals surface area contributed by atoms with Gasteiger partial charge in [-0.15, -0.1) is 0 Å². The van der Waals surface area contributed by atoms with Gasteiger partial charge in [0.2, 0.25) is 5.91 Å². The monoisotopic (exact) mass is 235 g/mol. The van der Waals surface area contributed by atoms with E-state index in [4.69, 9.17) is 10.8 Å². The number of hydrogen-bond acceptors (Lipinski definition) is 4. The molecule has 1 aromatic carbocycles. The van der Waals surface area contributed by atoms with Crippen molar-refractivity contribution in [3.05, 3.63) is 23.8 Å². The zero-order valence-corrected chi connectivity index (χ0v) is 9.14. The van der Waals surface area contributed by atoms with Crippen LogP contribution in [0.5, 0.6) is 0 Å². The Hall–Kier alpha value is -2.24. The second kappa shape index (κ2) is 4.32. The molecule has 0 saturated carbocycles. The molecule has 1 saturated heterocycles. The quantitative estimate of drug-likeness (QED) is 0.622. The third-order valence-electron chi connectivity index (χ3n) is 2.67. The summed E-state index contributed by atoms with van der Waals surface area (Å²) in [4.78, 5) is 23.9. The van der Waals surface area contributed by atoms with E-state index in [0.29, 0.717) is 13.1 Å². The molecule has 0 unspecified atom stereocenters. The summed E-state index contributed by atoms with van der Waals surface area (Å²) in [6.07, 6.45) is 0. The number of amides is 1.